The van der Waals surface area contributed by atoms with E-state index in [1.165, 1.54) is 12.4 Å². The molecule has 5 heteroatoms. The van der Waals surface area contributed by atoms with Gasteiger partial charge in [0.25, 0.3) is 0 Å². The van der Waals surface area contributed by atoms with Gasteiger partial charge in [0.1, 0.15) is 0 Å². The molecule has 3 rings (SSSR count). The molecule has 3 aromatic rings. The minimum atomic E-state index is 0.837. The number of nitrogens with two attached hydrogens (primary N) is 2. The molecule has 0 aliphatic rings. The fourth-order valence-corrected chi connectivity index (χ4v) is 2.81. The summed E-state index contributed by atoms with van der Waals surface area (Å²) in [4.78, 5) is 11.0. The van der Waals surface area contributed by atoms with Crippen LogP contribution in [-0.2, 0) is 0 Å². The molecule has 0 saturated carbocycles. The zero-order chi connectivity index (χ0) is 20.3. The van der Waals surface area contributed by atoms with Crippen LogP contribution in [0.3, 0.4) is 0 Å². The van der Waals surface area contributed by atoms with E-state index in [1.807, 2.05) is 54.6 Å². The van der Waals surface area contributed by atoms with Crippen LogP contribution in [0.5, 0.6) is 0 Å². The highest BCUT2D eigenvalue weighted by Gasteiger charge is 2.12. The summed E-state index contributed by atoms with van der Waals surface area (Å²) in [5.41, 5.74) is 15.5. The number of anilines is 3. The van der Waals surface area contributed by atoms with Crippen LogP contribution in [0.15, 0.2) is 113 Å². The van der Waals surface area contributed by atoms with Crippen LogP contribution in [0.1, 0.15) is 0 Å². The maximum atomic E-state index is 5.38. The molecule has 0 heterocycles. The fourth-order valence-electron chi connectivity index (χ4n) is 2.81. The summed E-state index contributed by atoms with van der Waals surface area (Å²) in [6.45, 7) is 0. The molecule has 0 aliphatic carbocycles. The van der Waals surface area contributed by atoms with E-state index in [0.717, 1.165) is 28.4 Å². The van der Waals surface area contributed by atoms with Crippen molar-refractivity contribution in [3.05, 3.63) is 103 Å². The molecule has 4 N–H and O–H groups in total. The van der Waals surface area contributed by atoms with Crippen LogP contribution in [0.2, 0.25) is 0 Å². The van der Waals surface area contributed by atoms with Gasteiger partial charge in [-0.05, 0) is 73.1 Å². The lowest BCUT2D eigenvalue weighted by molar-refractivity contribution is 1.28. The van der Waals surface area contributed by atoms with E-state index in [2.05, 4.69) is 39.2 Å². The Balaban J connectivity index is 2.06. The van der Waals surface area contributed by atoms with Gasteiger partial charge in [-0.15, -0.1) is 0 Å². The second kappa shape index (κ2) is 10.3. The second-order valence-corrected chi connectivity index (χ2v) is 6.04. The maximum Gasteiger partial charge on any atom is 0.0650 e. The van der Waals surface area contributed by atoms with E-state index >= 15 is 0 Å². The number of hydrogen-bond donors (Lipinski definition) is 2. The molecule has 0 fully saturated rings. The van der Waals surface area contributed by atoms with Crippen molar-refractivity contribution >= 4 is 40.9 Å². The van der Waals surface area contributed by atoms with Crippen molar-refractivity contribution in [2.75, 3.05) is 4.90 Å². The van der Waals surface area contributed by atoms with Crippen LogP contribution in [0.4, 0.5) is 28.4 Å². The maximum absolute atomic E-state index is 5.38. The molecule has 0 atom stereocenters. The Morgan fingerprint density at radius 3 is 1.55 bits per heavy atom. The number of rotatable bonds is 7. The van der Waals surface area contributed by atoms with Crippen molar-refractivity contribution in [3.8, 4) is 0 Å². The molecule has 0 amide bonds. The minimum Gasteiger partial charge on any atom is -0.405 e. The number of benzene rings is 3. The van der Waals surface area contributed by atoms with E-state index in [1.54, 1.807) is 24.6 Å². The highest BCUT2D eigenvalue weighted by molar-refractivity contribution is 5.81. The quantitative estimate of drug-likeness (QED) is 0.530. The molecule has 0 unspecified atom stereocenters. The van der Waals surface area contributed by atoms with Crippen molar-refractivity contribution in [1.82, 2.24) is 0 Å². The molecule has 3 aromatic carbocycles. The highest BCUT2D eigenvalue weighted by atomic mass is 15.1. The first-order valence-corrected chi connectivity index (χ1v) is 9.19. The smallest absolute Gasteiger partial charge is 0.0650 e. The summed E-state index contributed by atoms with van der Waals surface area (Å²) in [6, 6.07) is 26.2. The topological polar surface area (TPSA) is 80.0 Å². The number of allylic oxidation sites excluding steroid dienone is 2. The van der Waals surface area contributed by atoms with Gasteiger partial charge in [0, 0.05) is 29.5 Å². The Hall–Kier alpha value is -4.12. The van der Waals surface area contributed by atoms with E-state index in [4.69, 9.17) is 11.5 Å². The van der Waals surface area contributed by atoms with Gasteiger partial charge in [-0.3, -0.25) is 9.98 Å². The van der Waals surface area contributed by atoms with Crippen molar-refractivity contribution < 1.29 is 0 Å². The zero-order valence-electron chi connectivity index (χ0n) is 16.0. The molecule has 29 heavy (non-hydrogen) atoms. The van der Waals surface area contributed by atoms with Gasteiger partial charge in [-0.1, -0.05) is 30.3 Å². The zero-order valence-corrected chi connectivity index (χ0v) is 16.0. The summed E-state index contributed by atoms with van der Waals surface area (Å²) in [5, 5.41) is 0. The Bertz CT molecular complexity index is 970. The van der Waals surface area contributed by atoms with E-state index in [9.17, 15) is 0 Å². The molecule has 0 bridgehead atoms. The summed E-state index contributed by atoms with van der Waals surface area (Å²) in [7, 11) is 0. The Morgan fingerprint density at radius 2 is 1.07 bits per heavy atom. The molecule has 0 radical (unpaired) electrons. The number of aliphatic imine (C=N–C) groups is 2. The average Bonchev–Trinajstić information content (AvgIpc) is 2.76. The SMILES string of the molecule is NC=CC=Nc1cccc(N(c2ccccc2)c2cccc(N=CC=CN)c2)c1. The largest absolute Gasteiger partial charge is 0.405 e. The normalized spacial score (nSPS) is 11.9. The number of nitrogens with zero attached hydrogens (tertiary/aromatic N) is 3. The van der Waals surface area contributed by atoms with Crippen LogP contribution < -0.4 is 16.4 Å². The third-order valence-electron chi connectivity index (χ3n) is 4.03. The first-order valence-electron chi connectivity index (χ1n) is 9.19. The first kappa shape index (κ1) is 19.6. The van der Waals surface area contributed by atoms with Crippen LogP contribution in [0, 0.1) is 0 Å². The molecule has 0 aliphatic heterocycles. The predicted octanol–water partition coefficient (Wildman–Crippen LogP) is 5.51. The predicted molar refractivity (Wildman–Crippen MR) is 124 cm³/mol. The summed E-state index contributed by atoms with van der Waals surface area (Å²) in [5.74, 6) is 0. The van der Waals surface area contributed by atoms with Crippen molar-refractivity contribution in [3.63, 3.8) is 0 Å². The van der Waals surface area contributed by atoms with Gasteiger partial charge in [0.05, 0.1) is 11.4 Å². The number of para-hydroxylation sites is 1. The van der Waals surface area contributed by atoms with Crippen molar-refractivity contribution in [2.45, 2.75) is 0 Å². The number of hydrogen-bond acceptors (Lipinski definition) is 5. The first-order chi connectivity index (χ1) is 14.3. The Kier molecular flexibility index (Phi) is 6.96. The van der Waals surface area contributed by atoms with Crippen molar-refractivity contribution in [2.24, 2.45) is 21.5 Å². The van der Waals surface area contributed by atoms with Gasteiger partial charge >= 0.3 is 0 Å². The third kappa shape index (κ3) is 5.43. The van der Waals surface area contributed by atoms with Crippen LogP contribution in [0.25, 0.3) is 0 Å². The Labute approximate surface area is 171 Å². The van der Waals surface area contributed by atoms with Crippen LogP contribution in [-0.4, -0.2) is 12.4 Å². The molecule has 0 saturated heterocycles. The van der Waals surface area contributed by atoms with E-state index < -0.39 is 0 Å². The molecular weight excluding hydrogens is 358 g/mol. The Morgan fingerprint density at radius 1 is 0.586 bits per heavy atom. The third-order valence-corrected chi connectivity index (χ3v) is 4.03. The molecule has 0 aromatic heterocycles. The lowest BCUT2D eigenvalue weighted by Gasteiger charge is -2.25. The summed E-state index contributed by atoms with van der Waals surface area (Å²) < 4.78 is 0. The van der Waals surface area contributed by atoms with Gasteiger partial charge in [0.2, 0.25) is 0 Å². The monoisotopic (exact) mass is 381 g/mol. The van der Waals surface area contributed by atoms with Gasteiger partial charge in [-0.25, -0.2) is 0 Å². The van der Waals surface area contributed by atoms with Crippen molar-refractivity contribution in [1.29, 1.82) is 0 Å². The highest BCUT2D eigenvalue weighted by Crippen LogP contribution is 2.37. The van der Waals surface area contributed by atoms with Crippen LogP contribution >= 0.6 is 0 Å². The van der Waals surface area contributed by atoms with E-state index in [-0.39, 0.29) is 0 Å². The minimum absolute atomic E-state index is 0.837. The standard InChI is InChI=1S/C24H23N5/c25-14-6-16-27-20-8-4-12-23(18-20)29(22-10-2-1-3-11-22)24-13-5-9-21(19-24)28-17-7-15-26/h1-19H,25-26H2. The van der Waals surface area contributed by atoms with Gasteiger partial charge < -0.3 is 16.4 Å². The van der Waals surface area contributed by atoms with Gasteiger partial charge in [-0.2, -0.15) is 0 Å². The average molecular weight is 381 g/mol. The molecular formula is C24H23N5. The second-order valence-electron chi connectivity index (χ2n) is 6.04. The summed E-state index contributed by atoms with van der Waals surface area (Å²) >= 11 is 0. The lowest BCUT2D eigenvalue weighted by atomic mass is 10.1. The lowest BCUT2D eigenvalue weighted by Crippen LogP contribution is -2.09. The molecule has 5 nitrogen and oxygen atoms in total. The fraction of sp³-hybridized carbons (Fsp3) is 0. The van der Waals surface area contributed by atoms with Gasteiger partial charge in [0.15, 0.2) is 0 Å². The summed E-state index contributed by atoms with van der Waals surface area (Å²) in [6.07, 6.45) is 9.64. The van der Waals surface area contributed by atoms with E-state index in [0.29, 0.717) is 0 Å². The molecule has 144 valence electrons. The molecule has 0 spiro atoms.